The van der Waals surface area contributed by atoms with E-state index in [1.165, 1.54) is 212 Å². The lowest BCUT2D eigenvalue weighted by atomic mass is 10.0. The van der Waals surface area contributed by atoms with Crippen LogP contribution in [-0.2, 0) is 28.6 Å². The maximum Gasteiger partial charge on any atom is 0.306 e. The summed E-state index contributed by atoms with van der Waals surface area (Å²) in [6.45, 7) is 6.68. The highest BCUT2D eigenvalue weighted by Gasteiger charge is 2.19. The standard InChI is InChI=1S/C54H104O6/c1-4-7-10-13-16-19-22-24-26-28-30-32-35-38-41-44-47-53(56)59-50-51(49-58-52(55)46-43-40-37-34-21-18-15-12-9-6-3)60-54(57)48-45-42-39-36-33-31-29-27-25-23-20-17-14-11-8-5-2/h51H,4-50H2,1-3H3. The predicted octanol–water partition coefficient (Wildman–Crippen LogP) is 17.6. The van der Waals surface area contributed by atoms with Gasteiger partial charge in [0.25, 0.3) is 0 Å². The van der Waals surface area contributed by atoms with Crippen molar-refractivity contribution in [2.75, 3.05) is 13.2 Å². The lowest BCUT2D eigenvalue weighted by Crippen LogP contribution is -2.30. The highest BCUT2D eigenvalue weighted by Crippen LogP contribution is 2.17. The summed E-state index contributed by atoms with van der Waals surface area (Å²) in [5, 5.41) is 0. The van der Waals surface area contributed by atoms with Crippen LogP contribution in [0.5, 0.6) is 0 Å². The molecule has 0 radical (unpaired) electrons. The lowest BCUT2D eigenvalue weighted by molar-refractivity contribution is -0.167. The highest BCUT2D eigenvalue weighted by molar-refractivity contribution is 5.71. The summed E-state index contributed by atoms with van der Waals surface area (Å²) >= 11 is 0. The average molecular weight is 849 g/mol. The first-order valence-corrected chi connectivity index (χ1v) is 27.0. The maximum atomic E-state index is 12.8. The molecule has 0 aromatic carbocycles. The second-order valence-corrected chi connectivity index (χ2v) is 18.5. The van der Waals surface area contributed by atoms with E-state index in [0.29, 0.717) is 19.3 Å². The number of rotatable bonds is 50. The Kier molecular flexibility index (Phi) is 48.7. The summed E-state index contributed by atoms with van der Waals surface area (Å²) in [5.41, 5.74) is 0. The van der Waals surface area contributed by atoms with Gasteiger partial charge >= 0.3 is 17.9 Å². The number of hydrogen-bond donors (Lipinski definition) is 0. The minimum Gasteiger partial charge on any atom is -0.462 e. The summed E-state index contributed by atoms with van der Waals surface area (Å²) in [5.74, 6) is -0.839. The third kappa shape index (κ3) is 47.5. The zero-order valence-electron chi connectivity index (χ0n) is 40.8. The first-order chi connectivity index (χ1) is 29.5. The molecule has 1 unspecified atom stereocenters. The van der Waals surface area contributed by atoms with Crippen LogP contribution in [0.4, 0.5) is 0 Å². The Bertz CT molecular complexity index is 889. The minimum atomic E-state index is -0.759. The van der Waals surface area contributed by atoms with E-state index >= 15 is 0 Å². The third-order valence-electron chi connectivity index (χ3n) is 12.4. The van der Waals surface area contributed by atoms with E-state index in [-0.39, 0.29) is 31.1 Å². The molecule has 6 nitrogen and oxygen atoms in total. The van der Waals surface area contributed by atoms with Crippen molar-refractivity contribution in [3.05, 3.63) is 0 Å². The second kappa shape index (κ2) is 50.1. The average Bonchev–Trinajstić information content (AvgIpc) is 3.24. The quantitative estimate of drug-likeness (QED) is 0.0345. The molecule has 0 saturated heterocycles. The molecule has 60 heavy (non-hydrogen) atoms. The minimum absolute atomic E-state index is 0.0616. The van der Waals surface area contributed by atoms with E-state index in [4.69, 9.17) is 14.2 Å². The fraction of sp³-hybridized carbons (Fsp3) is 0.944. The zero-order chi connectivity index (χ0) is 43.7. The normalized spacial score (nSPS) is 11.8. The second-order valence-electron chi connectivity index (χ2n) is 18.5. The van der Waals surface area contributed by atoms with Gasteiger partial charge in [0.05, 0.1) is 0 Å². The monoisotopic (exact) mass is 849 g/mol. The van der Waals surface area contributed by atoms with Crippen molar-refractivity contribution in [1.82, 2.24) is 0 Å². The smallest absolute Gasteiger partial charge is 0.306 e. The molecular weight excluding hydrogens is 745 g/mol. The Hall–Kier alpha value is -1.59. The van der Waals surface area contributed by atoms with E-state index < -0.39 is 6.10 Å². The maximum absolute atomic E-state index is 12.8. The van der Waals surface area contributed by atoms with E-state index in [9.17, 15) is 14.4 Å². The number of hydrogen-bond acceptors (Lipinski definition) is 6. The van der Waals surface area contributed by atoms with Gasteiger partial charge in [-0.2, -0.15) is 0 Å². The molecule has 0 rings (SSSR count). The van der Waals surface area contributed by atoms with Crippen LogP contribution in [0.3, 0.4) is 0 Å². The van der Waals surface area contributed by atoms with Gasteiger partial charge in [-0.1, -0.05) is 271 Å². The molecule has 0 amide bonds. The van der Waals surface area contributed by atoms with Gasteiger partial charge in [0, 0.05) is 19.3 Å². The predicted molar refractivity (Wildman–Crippen MR) is 257 cm³/mol. The van der Waals surface area contributed by atoms with Crippen molar-refractivity contribution < 1.29 is 28.6 Å². The SMILES string of the molecule is CCCCCCCCCCCCCCCCCCC(=O)OCC(COC(=O)CCCCCCCCCCCC)OC(=O)CCCCCCCCCCCCCCCCCC. The van der Waals surface area contributed by atoms with Gasteiger partial charge in [0.15, 0.2) is 6.10 Å². The Balaban J connectivity index is 4.26. The van der Waals surface area contributed by atoms with E-state index in [2.05, 4.69) is 20.8 Å². The molecule has 0 aromatic heterocycles. The summed E-state index contributed by atoms with van der Waals surface area (Å²) in [4.78, 5) is 37.9. The van der Waals surface area contributed by atoms with Gasteiger partial charge in [-0.15, -0.1) is 0 Å². The van der Waals surface area contributed by atoms with Crippen LogP contribution in [0.15, 0.2) is 0 Å². The topological polar surface area (TPSA) is 78.9 Å². The molecule has 0 aliphatic carbocycles. The largest absolute Gasteiger partial charge is 0.462 e. The molecule has 0 spiro atoms. The number of esters is 3. The summed E-state index contributed by atoms with van der Waals surface area (Å²) in [7, 11) is 0. The van der Waals surface area contributed by atoms with Crippen molar-refractivity contribution in [2.45, 2.75) is 316 Å². The van der Waals surface area contributed by atoms with Crippen molar-refractivity contribution in [2.24, 2.45) is 0 Å². The first kappa shape index (κ1) is 58.4. The molecule has 0 aliphatic heterocycles. The van der Waals surface area contributed by atoms with Crippen molar-refractivity contribution in [3.8, 4) is 0 Å². The zero-order valence-corrected chi connectivity index (χ0v) is 40.8. The summed E-state index contributed by atoms with van der Waals surface area (Å²) < 4.78 is 16.8. The molecule has 0 aliphatic rings. The fourth-order valence-electron chi connectivity index (χ4n) is 8.27. The Morgan fingerprint density at radius 3 is 0.667 bits per heavy atom. The third-order valence-corrected chi connectivity index (χ3v) is 12.4. The van der Waals surface area contributed by atoms with Crippen LogP contribution in [0.1, 0.15) is 310 Å². The first-order valence-electron chi connectivity index (χ1n) is 27.0. The van der Waals surface area contributed by atoms with Crippen LogP contribution >= 0.6 is 0 Å². The highest BCUT2D eigenvalue weighted by atomic mass is 16.6. The molecule has 0 aromatic rings. The fourth-order valence-corrected chi connectivity index (χ4v) is 8.27. The number of ether oxygens (including phenoxy) is 3. The van der Waals surface area contributed by atoms with Crippen LogP contribution in [0, 0.1) is 0 Å². The van der Waals surface area contributed by atoms with Crippen LogP contribution in [0.25, 0.3) is 0 Å². The number of carbonyl (C=O) groups is 3. The molecule has 356 valence electrons. The number of carbonyl (C=O) groups excluding carboxylic acids is 3. The van der Waals surface area contributed by atoms with Crippen LogP contribution in [-0.4, -0.2) is 37.2 Å². The van der Waals surface area contributed by atoms with Crippen LogP contribution < -0.4 is 0 Å². The van der Waals surface area contributed by atoms with E-state index in [1.807, 2.05) is 0 Å². The van der Waals surface area contributed by atoms with Gasteiger partial charge in [0.1, 0.15) is 13.2 Å². The molecular formula is C54H104O6. The molecule has 0 heterocycles. The van der Waals surface area contributed by atoms with Gasteiger partial charge in [-0.25, -0.2) is 0 Å². The molecule has 0 N–H and O–H groups in total. The Morgan fingerprint density at radius 2 is 0.450 bits per heavy atom. The van der Waals surface area contributed by atoms with Crippen LogP contribution in [0.2, 0.25) is 0 Å². The molecule has 0 fully saturated rings. The van der Waals surface area contributed by atoms with Gasteiger partial charge in [0.2, 0.25) is 0 Å². The molecule has 1 atom stereocenters. The summed E-state index contributed by atoms with van der Waals surface area (Å²) in [6.07, 6.45) is 53.7. The van der Waals surface area contributed by atoms with Gasteiger partial charge < -0.3 is 14.2 Å². The van der Waals surface area contributed by atoms with Crippen molar-refractivity contribution >= 4 is 17.9 Å². The Morgan fingerprint density at radius 1 is 0.267 bits per heavy atom. The van der Waals surface area contributed by atoms with E-state index in [0.717, 1.165) is 57.8 Å². The summed E-state index contributed by atoms with van der Waals surface area (Å²) in [6, 6.07) is 0. The molecule has 6 heteroatoms. The van der Waals surface area contributed by atoms with Gasteiger partial charge in [-0.3, -0.25) is 14.4 Å². The van der Waals surface area contributed by atoms with Crippen molar-refractivity contribution in [3.63, 3.8) is 0 Å². The van der Waals surface area contributed by atoms with E-state index in [1.54, 1.807) is 0 Å². The Labute approximate surface area is 374 Å². The molecule has 0 saturated carbocycles. The van der Waals surface area contributed by atoms with Crippen molar-refractivity contribution in [1.29, 1.82) is 0 Å². The number of unbranched alkanes of at least 4 members (excludes halogenated alkanes) is 39. The molecule has 0 bridgehead atoms. The lowest BCUT2D eigenvalue weighted by Gasteiger charge is -2.18. The van der Waals surface area contributed by atoms with Gasteiger partial charge in [-0.05, 0) is 19.3 Å².